The highest BCUT2D eigenvalue weighted by molar-refractivity contribution is 9.10. The van der Waals surface area contributed by atoms with E-state index in [0.29, 0.717) is 12.1 Å². The molecular formula is C18H20BrNO. The summed E-state index contributed by atoms with van der Waals surface area (Å²) in [6.07, 6.45) is 2.29. The third-order valence-corrected chi connectivity index (χ3v) is 4.49. The molecular weight excluding hydrogens is 326 g/mol. The molecule has 0 spiro atoms. The van der Waals surface area contributed by atoms with Gasteiger partial charge in [0.25, 0.3) is 0 Å². The van der Waals surface area contributed by atoms with Gasteiger partial charge in [0, 0.05) is 16.9 Å². The third-order valence-electron chi connectivity index (χ3n) is 4.00. The SMILES string of the molecule is CNC(Cc1cccc(Br)c1)c1ccc2c(c1)CC(C)O2. The fourth-order valence-electron chi connectivity index (χ4n) is 2.94. The molecule has 2 unspecified atom stereocenters. The molecule has 0 fully saturated rings. The van der Waals surface area contributed by atoms with Crippen molar-refractivity contribution in [3.05, 3.63) is 63.6 Å². The summed E-state index contributed by atoms with van der Waals surface area (Å²) in [5.41, 5.74) is 3.98. The van der Waals surface area contributed by atoms with Gasteiger partial charge in [-0.1, -0.05) is 40.2 Å². The maximum absolute atomic E-state index is 5.78. The van der Waals surface area contributed by atoms with Gasteiger partial charge < -0.3 is 10.1 Å². The number of halogens is 1. The number of nitrogens with one attached hydrogen (secondary N) is 1. The van der Waals surface area contributed by atoms with Gasteiger partial charge in [-0.2, -0.15) is 0 Å². The lowest BCUT2D eigenvalue weighted by Crippen LogP contribution is -2.19. The predicted octanol–water partition coefficient (Wildman–Crippen LogP) is 4.28. The Morgan fingerprint density at radius 1 is 1.29 bits per heavy atom. The molecule has 3 rings (SSSR count). The largest absolute Gasteiger partial charge is 0.490 e. The molecule has 2 nitrogen and oxygen atoms in total. The Hall–Kier alpha value is -1.32. The number of fused-ring (bicyclic) bond motifs is 1. The summed E-state index contributed by atoms with van der Waals surface area (Å²) >= 11 is 3.54. The van der Waals surface area contributed by atoms with Crippen LogP contribution in [-0.2, 0) is 12.8 Å². The molecule has 0 aromatic heterocycles. The topological polar surface area (TPSA) is 21.3 Å². The molecule has 2 atom stereocenters. The first-order valence-corrected chi connectivity index (χ1v) is 8.16. The van der Waals surface area contributed by atoms with Crippen molar-refractivity contribution in [1.82, 2.24) is 5.32 Å². The molecule has 0 saturated carbocycles. The molecule has 0 radical (unpaired) electrons. The second-order valence-corrected chi connectivity index (χ2v) is 6.59. The Morgan fingerprint density at radius 3 is 2.90 bits per heavy atom. The Bertz CT molecular complexity index is 641. The molecule has 1 aliphatic rings. The van der Waals surface area contributed by atoms with Gasteiger partial charge in [0.1, 0.15) is 11.9 Å². The normalized spacial score (nSPS) is 18.1. The second kappa shape index (κ2) is 6.20. The van der Waals surface area contributed by atoms with Crippen LogP contribution >= 0.6 is 15.9 Å². The summed E-state index contributed by atoms with van der Waals surface area (Å²) in [6, 6.07) is 15.4. The quantitative estimate of drug-likeness (QED) is 0.892. The highest BCUT2D eigenvalue weighted by Gasteiger charge is 2.20. The molecule has 1 aliphatic heterocycles. The molecule has 110 valence electrons. The minimum Gasteiger partial charge on any atom is -0.490 e. The van der Waals surface area contributed by atoms with Crippen LogP contribution in [0.4, 0.5) is 0 Å². The number of ether oxygens (including phenoxy) is 1. The van der Waals surface area contributed by atoms with Crippen LogP contribution in [0.5, 0.6) is 5.75 Å². The Balaban J connectivity index is 1.82. The minimum absolute atomic E-state index is 0.299. The van der Waals surface area contributed by atoms with Crippen molar-refractivity contribution in [3.8, 4) is 5.75 Å². The zero-order valence-electron chi connectivity index (χ0n) is 12.4. The van der Waals surface area contributed by atoms with Crippen LogP contribution in [0.1, 0.15) is 29.7 Å². The summed E-state index contributed by atoms with van der Waals surface area (Å²) in [4.78, 5) is 0. The lowest BCUT2D eigenvalue weighted by molar-refractivity contribution is 0.254. The lowest BCUT2D eigenvalue weighted by Gasteiger charge is -2.18. The molecule has 3 heteroatoms. The van der Waals surface area contributed by atoms with E-state index in [1.165, 1.54) is 16.7 Å². The van der Waals surface area contributed by atoms with Gasteiger partial charge in [-0.15, -0.1) is 0 Å². The molecule has 0 bridgehead atoms. The minimum atomic E-state index is 0.299. The van der Waals surface area contributed by atoms with Crippen molar-refractivity contribution in [3.63, 3.8) is 0 Å². The van der Waals surface area contributed by atoms with Crippen molar-refractivity contribution in [2.75, 3.05) is 7.05 Å². The van der Waals surface area contributed by atoms with Gasteiger partial charge >= 0.3 is 0 Å². The second-order valence-electron chi connectivity index (χ2n) is 5.68. The van der Waals surface area contributed by atoms with Crippen LogP contribution in [0.3, 0.4) is 0 Å². The van der Waals surface area contributed by atoms with Crippen LogP contribution in [0, 0.1) is 0 Å². The Kier molecular flexibility index (Phi) is 4.32. The van der Waals surface area contributed by atoms with Gasteiger partial charge in [-0.3, -0.25) is 0 Å². The number of hydrogen-bond donors (Lipinski definition) is 1. The summed E-state index contributed by atoms with van der Waals surface area (Å²) in [6.45, 7) is 2.12. The predicted molar refractivity (Wildman–Crippen MR) is 89.9 cm³/mol. The molecule has 2 aromatic rings. The van der Waals surface area contributed by atoms with E-state index in [1.54, 1.807) is 0 Å². The summed E-state index contributed by atoms with van der Waals surface area (Å²) in [5, 5.41) is 3.43. The van der Waals surface area contributed by atoms with E-state index in [9.17, 15) is 0 Å². The fourth-order valence-corrected chi connectivity index (χ4v) is 3.39. The molecule has 21 heavy (non-hydrogen) atoms. The highest BCUT2D eigenvalue weighted by Crippen LogP contribution is 2.32. The van der Waals surface area contributed by atoms with Crippen molar-refractivity contribution < 1.29 is 4.74 Å². The smallest absolute Gasteiger partial charge is 0.123 e. The van der Waals surface area contributed by atoms with Gasteiger partial charge in [0.05, 0.1) is 0 Å². The number of hydrogen-bond acceptors (Lipinski definition) is 2. The van der Waals surface area contributed by atoms with Crippen molar-refractivity contribution in [2.45, 2.75) is 31.9 Å². The maximum Gasteiger partial charge on any atom is 0.123 e. The monoisotopic (exact) mass is 345 g/mol. The van der Waals surface area contributed by atoms with E-state index in [2.05, 4.69) is 70.6 Å². The van der Waals surface area contributed by atoms with E-state index < -0.39 is 0 Å². The van der Waals surface area contributed by atoms with Crippen LogP contribution in [0.25, 0.3) is 0 Å². The van der Waals surface area contributed by atoms with Crippen LogP contribution in [-0.4, -0.2) is 13.2 Å². The van der Waals surface area contributed by atoms with Crippen molar-refractivity contribution in [2.24, 2.45) is 0 Å². The van der Waals surface area contributed by atoms with Gasteiger partial charge in [-0.05, 0) is 55.3 Å². The standard InChI is InChI=1S/C18H20BrNO/c1-12-8-15-11-14(6-7-18(15)21-12)17(20-2)10-13-4-3-5-16(19)9-13/h3-7,9,11-12,17,20H,8,10H2,1-2H3. The number of rotatable bonds is 4. The van der Waals surface area contributed by atoms with Crippen molar-refractivity contribution >= 4 is 15.9 Å². The number of benzene rings is 2. The first-order chi connectivity index (χ1) is 10.2. The first kappa shape index (κ1) is 14.6. The maximum atomic E-state index is 5.78. The molecule has 1 N–H and O–H groups in total. The van der Waals surface area contributed by atoms with E-state index >= 15 is 0 Å². The molecule has 2 aromatic carbocycles. The van der Waals surface area contributed by atoms with Crippen LogP contribution in [0.2, 0.25) is 0 Å². The first-order valence-electron chi connectivity index (χ1n) is 7.37. The third kappa shape index (κ3) is 3.30. The zero-order valence-corrected chi connectivity index (χ0v) is 14.0. The average molecular weight is 346 g/mol. The van der Waals surface area contributed by atoms with E-state index in [1.807, 2.05) is 7.05 Å². The number of likely N-dealkylation sites (N-methyl/N-ethyl adjacent to an activating group) is 1. The van der Waals surface area contributed by atoms with E-state index in [0.717, 1.165) is 23.1 Å². The van der Waals surface area contributed by atoms with Gasteiger partial charge in [0.15, 0.2) is 0 Å². The fraction of sp³-hybridized carbons (Fsp3) is 0.333. The van der Waals surface area contributed by atoms with Crippen molar-refractivity contribution in [1.29, 1.82) is 0 Å². The van der Waals surface area contributed by atoms with Gasteiger partial charge in [0.2, 0.25) is 0 Å². The summed E-state index contributed by atoms with van der Waals surface area (Å²) in [7, 11) is 2.02. The van der Waals surface area contributed by atoms with E-state index in [-0.39, 0.29) is 0 Å². The summed E-state index contributed by atoms with van der Waals surface area (Å²) in [5.74, 6) is 1.04. The molecule has 0 amide bonds. The van der Waals surface area contributed by atoms with Gasteiger partial charge in [-0.25, -0.2) is 0 Å². The highest BCUT2D eigenvalue weighted by atomic mass is 79.9. The molecule has 0 saturated heterocycles. The Morgan fingerprint density at radius 2 is 2.14 bits per heavy atom. The zero-order chi connectivity index (χ0) is 14.8. The average Bonchev–Trinajstić information content (AvgIpc) is 2.84. The lowest BCUT2D eigenvalue weighted by atomic mass is 9.96. The molecule has 0 aliphatic carbocycles. The van der Waals surface area contributed by atoms with Crippen LogP contribution in [0.15, 0.2) is 46.9 Å². The Labute approximate surface area is 134 Å². The van der Waals surface area contributed by atoms with E-state index in [4.69, 9.17) is 4.74 Å². The van der Waals surface area contributed by atoms with Crippen LogP contribution < -0.4 is 10.1 Å². The summed E-state index contributed by atoms with van der Waals surface area (Å²) < 4.78 is 6.91. The molecule has 1 heterocycles.